The molecule has 4 aromatic rings. The molecule has 0 saturated carbocycles. The van der Waals surface area contributed by atoms with Crippen molar-refractivity contribution in [1.29, 1.82) is 0 Å². The average Bonchev–Trinajstić information content (AvgIpc) is 3.18. The molecule has 0 heterocycles. The number of hydrogen-bond acceptors (Lipinski definition) is 10. The maximum Gasteiger partial charge on any atom is 0.333 e. The summed E-state index contributed by atoms with van der Waals surface area (Å²) in [4.78, 5) is 24.1. The highest BCUT2D eigenvalue weighted by atomic mass is 32.2. The molecule has 0 aliphatic heterocycles. The van der Waals surface area contributed by atoms with E-state index in [-0.39, 0.29) is 54.0 Å². The van der Waals surface area contributed by atoms with Crippen LogP contribution in [0.1, 0.15) is 52.7 Å². The molecule has 10 nitrogen and oxygen atoms in total. The summed E-state index contributed by atoms with van der Waals surface area (Å²) in [5.74, 6) is 0.662. The highest BCUT2D eigenvalue weighted by Crippen LogP contribution is 2.32. The van der Waals surface area contributed by atoms with Crippen molar-refractivity contribution in [3.05, 3.63) is 108 Å². The minimum atomic E-state index is -3.80. The van der Waals surface area contributed by atoms with Gasteiger partial charge < -0.3 is 28.4 Å². The van der Waals surface area contributed by atoms with Crippen LogP contribution in [0.2, 0.25) is 0 Å². The summed E-state index contributed by atoms with van der Waals surface area (Å²) in [5, 5.41) is 0. The number of benzene rings is 4. The summed E-state index contributed by atoms with van der Waals surface area (Å²) < 4.78 is 61.0. The molecule has 300 valence electrons. The van der Waals surface area contributed by atoms with Crippen LogP contribution in [-0.4, -0.2) is 61.0 Å². The Morgan fingerprint density at radius 3 is 1.39 bits per heavy atom. The van der Waals surface area contributed by atoms with E-state index in [2.05, 4.69) is 6.58 Å². The van der Waals surface area contributed by atoms with Crippen molar-refractivity contribution in [3.63, 3.8) is 0 Å². The molecule has 0 saturated heterocycles. The van der Waals surface area contributed by atoms with Gasteiger partial charge in [0, 0.05) is 28.5 Å². The zero-order valence-corrected chi connectivity index (χ0v) is 34.5. The van der Waals surface area contributed by atoms with Gasteiger partial charge in [-0.3, -0.25) is 4.79 Å². The molecule has 0 bridgehead atoms. The summed E-state index contributed by atoms with van der Waals surface area (Å²) in [6, 6.07) is 25.1. The van der Waals surface area contributed by atoms with E-state index in [0.29, 0.717) is 30.3 Å². The molecular formula is C45H54O10S. The van der Waals surface area contributed by atoms with E-state index < -0.39 is 21.2 Å². The van der Waals surface area contributed by atoms with Crippen LogP contribution in [0.15, 0.2) is 107 Å². The minimum absolute atomic E-state index is 0.00976. The van der Waals surface area contributed by atoms with E-state index in [0.717, 1.165) is 33.4 Å². The topological polar surface area (TPSA) is 124 Å². The van der Waals surface area contributed by atoms with Crippen LogP contribution in [0.3, 0.4) is 0 Å². The minimum Gasteiger partial charge on any atom is -0.496 e. The molecule has 2 unspecified atom stereocenters. The Balaban J connectivity index is 1.40. The predicted octanol–water partition coefficient (Wildman–Crippen LogP) is 8.88. The third kappa shape index (κ3) is 12.0. The SMILES string of the molecule is C=C(C)C(=O)OCC(C)COCc1cc(-c2ccc(S(=O)(=O)c3ccc(-c4ccc(OC)c(COCC(C)COC(=O)C(C)(C)C)c4)cc3)cc2)ccc1OC. The Bertz CT molecular complexity index is 2060. The third-order valence-electron chi connectivity index (χ3n) is 8.84. The number of sulfone groups is 1. The van der Waals surface area contributed by atoms with Gasteiger partial charge in [0.15, 0.2) is 0 Å². The van der Waals surface area contributed by atoms with Crippen LogP contribution in [0.25, 0.3) is 22.3 Å². The number of carbonyl (C=O) groups excluding carboxylic acids is 2. The number of ether oxygens (including phenoxy) is 6. The van der Waals surface area contributed by atoms with Gasteiger partial charge in [0.05, 0.1) is 69.1 Å². The number of esters is 2. The van der Waals surface area contributed by atoms with E-state index in [1.54, 1.807) is 69.7 Å². The van der Waals surface area contributed by atoms with Crippen molar-refractivity contribution < 1.29 is 46.4 Å². The second-order valence-electron chi connectivity index (χ2n) is 15.1. The molecular weight excluding hydrogens is 733 g/mol. The average molecular weight is 787 g/mol. The second kappa shape index (κ2) is 19.8. The third-order valence-corrected chi connectivity index (χ3v) is 10.6. The summed E-state index contributed by atoms with van der Waals surface area (Å²) in [6.07, 6.45) is 0. The van der Waals surface area contributed by atoms with Crippen molar-refractivity contribution in [1.82, 2.24) is 0 Å². The molecule has 0 aliphatic carbocycles. The molecule has 0 aliphatic rings. The molecule has 4 aromatic carbocycles. The van der Waals surface area contributed by atoms with Gasteiger partial charge in [0.25, 0.3) is 0 Å². The Kier molecular flexibility index (Phi) is 15.4. The Morgan fingerprint density at radius 1 is 0.625 bits per heavy atom. The largest absolute Gasteiger partial charge is 0.496 e. The van der Waals surface area contributed by atoms with Crippen molar-refractivity contribution in [2.45, 2.75) is 64.5 Å². The van der Waals surface area contributed by atoms with Gasteiger partial charge in [-0.1, -0.05) is 56.8 Å². The fourth-order valence-corrected chi connectivity index (χ4v) is 6.80. The van der Waals surface area contributed by atoms with Gasteiger partial charge >= 0.3 is 11.9 Å². The zero-order chi connectivity index (χ0) is 41.0. The molecule has 56 heavy (non-hydrogen) atoms. The fraction of sp³-hybridized carbons (Fsp3) is 0.378. The summed E-state index contributed by atoms with van der Waals surface area (Å²) in [7, 11) is -0.604. The first kappa shape index (κ1) is 43.8. The number of hydrogen-bond donors (Lipinski definition) is 0. The van der Waals surface area contributed by atoms with Crippen molar-refractivity contribution in [3.8, 4) is 33.8 Å². The first-order chi connectivity index (χ1) is 26.5. The number of rotatable bonds is 19. The molecule has 0 fully saturated rings. The Hall–Kier alpha value is -4.97. The first-order valence-corrected chi connectivity index (χ1v) is 20.0. The maximum atomic E-state index is 13.7. The van der Waals surface area contributed by atoms with Crippen LogP contribution >= 0.6 is 0 Å². The van der Waals surface area contributed by atoms with Crippen molar-refractivity contribution >= 4 is 21.8 Å². The van der Waals surface area contributed by atoms with Gasteiger partial charge in [0.1, 0.15) is 11.5 Å². The van der Waals surface area contributed by atoms with Crippen LogP contribution in [0, 0.1) is 17.3 Å². The van der Waals surface area contributed by atoms with Crippen molar-refractivity contribution in [2.24, 2.45) is 17.3 Å². The smallest absolute Gasteiger partial charge is 0.333 e. The standard InChI is InChI=1S/C45H54O10S/c1-30(2)43(46)54-26-31(3)24-52-28-37-22-35(14-20-41(37)50-8)33-10-16-39(17-11-33)56(48,49)40-18-12-34(13-19-40)36-15-21-42(51-9)38(23-36)29-53-25-32(4)27-55-44(47)45(5,6)7/h10-23,31-32H,1,24-29H2,2-9H3. The lowest BCUT2D eigenvalue weighted by Crippen LogP contribution is -2.26. The van der Waals surface area contributed by atoms with Gasteiger partial charge in [-0.05, 0) is 98.5 Å². The zero-order valence-electron chi connectivity index (χ0n) is 33.7. The van der Waals surface area contributed by atoms with Crippen LogP contribution < -0.4 is 9.47 Å². The molecule has 0 N–H and O–H groups in total. The van der Waals surface area contributed by atoms with Gasteiger partial charge in [-0.2, -0.15) is 0 Å². The van der Waals surface area contributed by atoms with E-state index >= 15 is 0 Å². The van der Waals surface area contributed by atoms with Crippen LogP contribution in [-0.2, 0) is 51.6 Å². The first-order valence-electron chi connectivity index (χ1n) is 18.5. The second-order valence-corrected chi connectivity index (χ2v) is 17.0. The lowest BCUT2D eigenvalue weighted by molar-refractivity contribution is -0.154. The fourth-order valence-electron chi connectivity index (χ4n) is 5.54. The molecule has 0 aromatic heterocycles. The van der Waals surface area contributed by atoms with Gasteiger partial charge in [0.2, 0.25) is 9.84 Å². The van der Waals surface area contributed by atoms with E-state index in [1.807, 2.05) is 71.0 Å². The monoisotopic (exact) mass is 786 g/mol. The number of methoxy groups -OCH3 is 2. The summed E-state index contributed by atoms with van der Waals surface area (Å²) >= 11 is 0. The normalized spacial score (nSPS) is 12.7. The van der Waals surface area contributed by atoms with Crippen molar-refractivity contribution in [2.75, 3.05) is 40.6 Å². The van der Waals surface area contributed by atoms with Gasteiger partial charge in [-0.15, -0.1) is 0 Å². The molecule has 11 heteroatoms. The van der Waals surface area contributed by atoms with Crippen LogP contribution in [0.4, 0.5) is 0 Å². The van der Waals surface area contributed by atoms with E-state index in [9.17, 15) is 18.0 Å². The molecule has 0 radical (unpaired) electrons. The quantitative estimate of drug-likeness (QED) is 0.0673. The maximum absolute atomic E-state index is 13.7. The van der Waals surface area contributed by atoms with E-state index in [1.165, 1.54) is 0 Å². The molecule has 2 atom stereocenters. The Morgan fingerprint density at radius 2 is 1.02 bits per heavy atom. The summed E-state index contributed by atoms with van der Waals surface area (Å²) in [5.41, 5.74) is 4.89. The predicted molar refractivity (Wildman–Crippen MR) is 216 cm³/mol. The van der Waals surface area contributed by atoms with Crippen LogP contribution in [0.5, 0.6) is 11.5 Å². The molecule has 0 amide bonds. The lowest BCUT2D eigenvalue weighted by Gasteiger charge is -2.19. The highest BCUT2D eigenvalue weighted by molar-refractivity contribution is 7.91. The number of carbonyl (C=O) groups is 2. The van der Waals surface area contributed by atoms with Gasteiger partial charge in [-0.25, -0.2) is 13.2 Å². The summed E-state index contributed by atoms with van der Waals surface area (Å²) in [6.45, 7) is 16.4. The lowest BCUT2D eigenvalue weighted by atomic mass is 9.97. The molecule has 4 rings (SSSR count). The molecule has 0 spiro atoms. The highest BCUT2D eigenvalue weighted by Gasteiger charge is 2.24. The van der Waals surface area contributed by atoms with E-state index in [4.69, 9.17) is 28.4 Å². The Labute approximate surface area is 331 Å².